The van der Waals surface area contributed by atoms with E-state index in [9.17, 15) is 38.0 Å². The van der Waals surface area contributed by atoms with Crippen LogP contribution < -0.4 is 36.5 Å². The number of ether oxygens (including phenoxy) is 5. The van der Waals surface area contributed by atoms with Crippen LogP contribution in [0.2, 0.25) is 0 Å². The van der Waals surface area contributed by atoms with E-state index in [2.05, 4.69) is 38.1 Å². The molecule has 2 fully saturated rings. The molecule has 0 aliphatic carbocycles. The molecule has 4 atom stereocenters. The van der Waals surface area contributed by atoms with Gasteiger partial charge in [0, 0.05) is 59.2 Å². The number of imide groups is 2. The summed E-state index contributed by atoms with van der Waals surface area (Å²) in [7, 11) is 1.40. The number of nitrogens with one attached hydrogen (secondary N) is 4. The minimum Gasteiger partial charge on any atom is -0.496 e. The van der Waals surface area contributed by atoms with Gasteiger partial charge in [-0.2, -0.15) is 0 Å². The monoisotopic (exact) mass is 935 g/mol. The fraction of sp³-hybridized carbons (Fsp3) is 0.375. The first-order valence-electron chi connectivity index (χ1n) is 22.0. The maximum absolute atomic E-state index is 14.4. The quantitative estimate of drug-likeness (QED) is 0.0457. The van der Waals surface area contributed by atoms with Crippen LogP contribution in [0.5, 0.6) is 11.6 Å². The molecule has 19 nitrogen and oxygen atoms in total. The fourth-order valence-electron chi connectivity index (χ4n) is 8.06. The van der Waals surface area contributed by atoms with Crippen LogP contribution in [-0.4, -0.2) is 136 Å². The predicted octanol–water partition coefficient (Wildman–Crippen LogP) is 2.28. The average molecular weight is 936 g/mol. The molecule has 356 valence electrons. The molecule has 6 N–H and O–H groups in total. The van der Waals surface area contributed by atoms with Crippen molar-refractivity contribution in [2.45, 2.75) is 44.4 Å². The highest BCUT2D eigenvalue weighted by molar-refractivity contribution is 6.25. The number of carbonyl (C=O) groups is 7. The number of carbonyl (C=O) groups excluding carboxylic acids is 7. The van der Waals surface area contributed by atoms with Crippen LogP contribution in [0, 0.1) is 17.8 Å². The molecule has 0 spiro atoms. The Morgan fingerprint density at radius 2 is 1.62 bits per heavy atom. The van der Waals surface area contributed by atoms with E-state index in [0.717, 1.165) is 4.90 Å². The Hall–Kier alpha value is -7.47. The number of alkyl halides is 1. The summed E-state index contributed by atoms with van der Waals surface area (Å²) in [5, 5.41) is 11.7. The van der Waals surface area contributed by atoms with Gasteiger partial charge in [-0.05, 0) is 61.4 Å². The third kappa shape index (κ3) is 11.0. The summed E-state index contributed by atoms with van der Waals surface area (Å²) >= 11 is 0. The largest absolute Gasteiger partial charge is 0.496 e. The molecular formula is C48H50FN7O12. The van der Waals surface area contributed by atoms with Gasteiger partial charge in [0.05, 0.1) is 75.0 Å². The number of methoxy groups -OCH3 is 1. The summed E-state index contributed by atoms with van der Waals surface area (Å²) in [6.45, 7) is 4.12. The number of aromatic nitrogens is 1. The molecule has 1 aromatic heterocycles. The van der Waals surface area contributed by atoms with Crippen molar-refractivity contribution < 1.29 is 61.6 Å². The van der Waals surface area contributed by atoms with Crippen molar-refractivity contribution in [1.82, 2.24) is 25.8 Å². The third-order valence-corrected chi connectivity index (χ3v) is 11.6. The topological polar surface area (TPSA) is 256 Å². The van der Waals surface area contributed by atoms with Crippen molar-refractivity contribution in [3.63, 3.8) is 0 Å². The Bertz CT molecular complexity index is 2670. The number of nitrogens with zero attached hydrogens (tertiary/aromatic N) is 2. The normalized spacial score (nSPS) is 18.7. The lowest BCUT2D eigenvalue weighted by Gasteiger charge is -2.27. The third-order valence-electron chi connectivity index (χ3n) is 11.6. The Balaban J connectivity index is 0.801. The Morgan fingerprint density at radius 3 is 2.31 bits per heavy atom. The zero-order chi connectivity index (χ0) is 48.3. The van der Waals surface area contributed by atoms with E-state index in [0.29, 0.717) is 72.5 Å². The highest BCUT2D eigenvalue weighted by Crippen LogP contribution is 2.35. The number of amides is 7. The number of hydrogen-bond donors (Lipinski definition) is 5. The van der Waals surface area contributed by atoms with E-state index >= 15 is 0 Å². The average Bonchev–Trinajstić information content (AvgIpc) is 3.76. The molecule has 3 aliphatic rings. The zero-order valence-electron chi connectivity index (χ0n) is 37.3. The number of fused-ring (bicyclic) bond motifs is 2. The molecule has 1 unspecified atom stereocenters. The number of halogens is 1. The first kappa shape index (κ1) is 48.5. The summed E-state index contributed by atoms with van der Waals surface area (Å²) < 4.78 is 42.6. The van der Waals surface area contributed by atoms with Crippen molar-refractivity contribution in [2.75, 3.05) is 71.8 Å². The Kier molecular flexibility index (Phi) is 15.9. The number of hydrogen-bond acceptors (Lipinski definition) is 14. The number of primary amides is 1. The van der Waals surface area contributed by atoms with Crippen LogP contribution in [-0.2, 0) is 28.6 Å². The molecule has 20 heteroatoms. The van der Waals surface area contributed by atoms with Crippen molar-refractivity contribution in [3.8, 4) is 23.5 Å². The van der Waals surface area contributed by atoms with Crippen molar-refractivity contribution in [1.29, 1.82) is 0 Å². The van der Waals surface area contributed by atoms with Crippen molar-refractivity contribution >= 4 is 57.8 Å². The van der Waals surface area contributed by atoms with E-state index in [-0.39, 0.29) is 73.4 Å². The second kappa shape index (κ2) is 22.3. The van der Waals surface area contributed by atoms with E-state index in [4.69, 9.17) is 29.4 Å². The highest BCUT2D eigenvalue weighted by atomic mass is 19.1. The molecule has 3 aliphatic heterocycles. The lowest BCUT2D eigenvalue weighted by atomic mass is 9.97. The van der Waals surface area contributed by atoms with Gasteiger partial charge < -0.3 is 45.4 Å². The van der Waals surface area contributed by atoms with Gasteiger partial charge in [0.15, 0.2) is 6.17 Å². The summed E-state index contributed by atoms with van der Waals surface area (Å²) in [6, 6.07) is 13.0. The number of benzene rings is 3. The summed E-state index contributed by atoms with van der Waals surface area (Å²) in [5.74, 6) is 1.98. The van der Waals surface area contributed by atoms with Crippen molar-refractivity contribution in [2.24, 2.45) is 11.7 Å². The van der Waals surface area contributed by atoms with Gasteiger partial charge in [-0.3, -0.25) is 43.8 Å². The molecule has 0 bridgehead atoms. The number of piperidine rings is 1. The molecule has 7 amide bonds. The van der Waals surface area contributed by atoms with E-state index in [1.807, 2.05) is 0 Å². The Labute approximate surface area is 389 Å². The smallest absolute Gasteiger partial charge is 0.264 e. The lowest BCUT2D eigenvalue weighted by Crippen LogP contribution is -2.54. The molecule has 0 radical (unpaired) electrons. The predicted molar refractivity (Wildman–Crippen MR) is 242 cm³/mol. The second-order valence-corrected chi connectivity index (χ2v) is 15.9. The first-order valence-corrected chi connectivity index (χ1v) is 22.0. The molecule has 4 heterocycles. The maximum atomic E-state index is 14.4. The molecule has 4 aromatic rings. The first-order chi connectivity index (χ1) is 32.9. The van der Waals surface area contributed by atoms with Gasteiger partial charge in [-0.1, -0.05) is 24.8 Å². The molecule has 68 heavy (non-hydrogen) atoms. The van der Waals surface area contributed by atoms with E-state index < -0.39 is 59.6 Å². The molecule has 7 rings (SSSR count). The summed E-state index contributed by atoms with van der Waals surface area (Å²) in [5.41, 5.74) is 8.03. The van der Waals surface area contributed by atoms with Crippen LogP contribution in [0.4, 0.5) is 10.1 Å². The number of pyridine rings is 1. The highest BCUT2D eigenvalue weighted by Gasteiger charge is 2.46. The number of anilines is 1. The summed E-state index contributed by atoms with van der Waals surface area (Å²) in [4.78, 5) is 92.6. The van der Waals surface area contributed by atoms with Gasteiger partial charge in [0.1, 0.15) is 18.4 Å². The standard InChI is InChI=1S/C48H50FN7O12/c1-3-30-36(54-45(61)41(30)49)26-68-46-33-24-38(64-2)34(42(50)58)23-32(33)29(25-53-46)12-9-27-7-10-28(11-8-27)43(59)52-16-18-66-20-22-67-21-19-65-17-15-51-35-6-4-5-31-40(35)48(63)56(47(31)62)37-13-14-39(57)55-44(37)60/h4-8,10-11,23-25,30,36-37,41,51H,3,13-22,26H2,1-2H3,(H2,50,58)(H,52,59)(H,54,61)(H,55,57,60)/t30-,36+,37?,41-/m0/s1. The SMILES string of the molecule is CC[C@@H]1[C@H](F)C(=O)N[C@@H]1COc1ncc(C#Cc2ccc(C(=O)NCCOCCOCCOCCNc3cccc4c3C(=O)N(C3CCC(=O)NC3=O)C4=O)cc2)c2cc(C(N)=O)c(OC)cc12. The minimum atomic E-state index is -1.62. The van der Waals surface area contributed by atoms with Crippen LogP contribution >= 0.6 is 0 Å². The molecule has 0 saturated carbocycles. The van der Waals surface area contributed by atoms with Crippen LogP contribution in [0.3, 0.4) is 0 Å². The van der Waals surface area contributed by atoms with Crippen molar-refractivity contribution in [3.05, 3.63) is 94.2 Å². The van der Waals surface area contributed by atoms with E-state index in [1.54, 1.807) is 55.5 Å². The zero-order valence-corrected chi connectivity index (χ0v) is 37.3. The van der Waals surface area contributed by atoms with Gasteiger partial charge in [0.25, 0.3) is 29.5 Å². The fourth-order valence-corrected chi connectivity index (χ4v) is 8.06. The van der Waals surface area contributed by atoms with E-state index in [1.165, 1.54) is 19.4 Å². The molecular weight excluding hydrogens is 886 g/mol. The number of rotatable bonds is 21. The van der Waals surface area contributed by atoms with Crippen LogP contribution in [0.1, 0.15) is 78.7 Å². The second-order valence-electron chi connectivity index (χ2n) is 15.9. The van der Waals surface area contributed by atoms with Gasteiger partial charge in [0.2, 0.25) is 17.7 Å². The maximum Gasteiger partial charge on any atom is 0.264 e. The van der Waals surface area contributed by atoms with Crippen LogP contribution in [0.15, 0.2) is 60.8 Å². The number of nitrogens with two attached hydrogens (primary N) is 1. The van der Waals surface area contributed by atoms with Gasteiger partial charge in [-0.25, -0.2) is 9.37 Å². The lowest BCUT2D eigenvalue weighted by molar-refractivity contribution is -0.136. The van der Waals surface area contributed by atoms with Gasteiger partial charge >= 0.3 is 0 Å². The van der Waals surface area contributed by atoms with Crippen LogP contribution in [0.25, 0.3) is 10.8 Å². The Morgan fingerprint density at radius 1 is 0.897 bits per heavy atom. The van der Waals surface area contributed by atoms with Gasteiger partial charge in [-0.15, -0.1) is 0 Å². The summed E-state index contributed by atoms with van der Waals surface area (Å²) in [6.07, 6.45) is 0.408. The minimum absolute atomic E-state index is 0.0315. The molecule has 3 aromatic carbocycles. The molecule has 2 saturated heterocycles.